The van der Waals surface area contributed by atoms with Gasteiger partial charge in [-0.05, 0) is 38.0 Å². The first-order valence-electron chi connectivity index (χ1n) is 5.41. The van der Waals surface area contributed by atoms with E-state index in [9.17, 15) is 0 Å². The van der Waals surface area contributed by atoms with Crippen molar-refractivity contribution >= 4 is 11.3 Å². The molecule has 1 aliphatic rings. The quantitative estimate of drug-likeness (QED) is 0.847. The van der Waals surface area contributed by atoms with Gasteiger partial charge in [-0.15, -0.1) is 11.3 Å². The molecule has 3 heteroatoms. The highest BCUT2D eigenvalue weighted by Crippen LogP contribution is 2.15. The molecule has 1 N–H and O–H groups in total. The predicted octanol–water partition coefficient (Wildman–Crippen LogP) is 2.84. The first-order valence-corrected chi connectivity index (χ1v) is 6.23. The number of allylic oxidation sites excluding steroid dienone is 1. The molecule has 0 radical (unpaired) electrons. The molecule has 15 heavy (non-hydrogen) atoms. The summed E-state index contributed by atoms with van der Waals surface area (Å²) in [6.45, 7) is 4.05. The van der Waals surface area contributed by atoms with Crippen molar-refractivity contribution in [2.45, 2.75) is 32.4 Å². The Morgan fingerprint density at radius 1 is 1.53 bits per heavy atom. The molecule has 0 aliphatic carbocycles. The normalized spacial score (nSPS) is 20.2. The van der Waals surface area contributed by atoms with E-state index in [2.05, 4.69) is 30.4 Å². The van der Waals surface area contributed by atoms with E-state index in [1.165, 1.54) is 9.75 Å². The molecule has 0 amide bonds. The Bertz CT molecular complexity index is 332. The van der Waals surface area contributed by atoms with Gasteiger partial charge in [-0.2, -0.15) is 0 Å². The first kappa shape index (κ1) is 10.7. The average molecular weight is 223 g/mol. The van der Waals surface area contributed by atoms with Crippen molar-refractivity contribution in [3.8, 4) is 0 Å². The summed E-state index contributed by atoms with van der Waals surface area (Å²) in [5, 5.41) is 3.44. The zero-order valence-corrected chi connectivity index (χ0v) is 9.85. The van der Waals surface area contributed by atoms with E-state index in [0.717, 1.165) is 25.9 Å². The zero-order valence-electron chi connectivity index (χ0n) is 9.03. The Hall–Kier alpha value is -0.800. The fraction of sp³-hybridized carbons (Fsp3) is 0.500. The second-order valence-corrected chi connectivity index (χ2v) is 5.22. The monoisotopic (exact) mass is 223 g/mol. The van der Waals surface area contributed by atoms with E-state index in [-0.39, 0.29) is 0 Å². The zero-order chi connectivity index (χ0) is 10.5. The van der Waals surface area contributed by atoms with Gasteiger partial charge in [0.1, 0.15) is 6.10 Å². The van der Waals surface area contributed by atoms with E-state index < -0.39 is 0 Å². The number of rotatable bonds is 4. The lowest BCUT2D eigenvalue weighted by Crippen LogP contribution is -2.28. The molecule has 82 valence electrons. The third-order valence-corrected chi connectivity index (χ3v) is 3.49. The standard InChI is InChI=1S/C12H17NOS/c1-10-5-6-12(15-10)9-13-8-11-4-2-3-7-14-11/h3,5-7,11,13H,2,4,8-9H2,1H3. The molecule has 2 nitrogen and oxygen atoms in total. The van der Waals surface area contributed by atoms with Crippen LogP contribution in [0.5, 0.6) is 0 Å². The summed E-state index contributed by atoms with van der Waals surface area (Å²) < 4.78 is 5.48. The van der Waals surface area contributed by atoms with E-state index in [1.54, 1.807) is 0 Å². The number of ether oxygens (including phenoxy) is 1. The van der Waals surface area contributed by atoms with Crippen LogP contribution in [0.4, 0.5) is 0 Å². The molecule has 1 aliphatic heterocycles. The largest absolute Gasteiger partial charge is 0.497 e. The van der Waals surface area contributed by atoms with Gasteiger partial charge in [0, 0.05) is 22.8 Å². The smallest absolute Gasteiger partial charge is 0.110 e. The van der Waals surface area contributed by atoms with Gasteiger partial charge in [-0.1, -0.05) is 0 Å². The third-order valence-electron chi connectivity index (χ3n) is 2.49. The van der Waals surface area contributed by atoms with Crippen molar-refractivity contribution in [2.75, 3.05) is 6.54 Å². The first-order chi connectivity index (χ1) is 7.34. The summed E-state index contributed by atoms with van der Waals surface area (Å²) >= 11 is 1.86. The van der Waals surface area contributed by atoms with Crippen LogP contribution in [0.15, 0.2) is 24.5 Å². The molecule has 1 unspecified atom stereocenters. The summed E-state index contributed by atoms with van der Waals surface area (Å²) in [7, 11) is 0. The molecular formula is C12H17NOS. The molecule has 0 spiro atoms. The fourth-order valence-electron chi connectivity index (χ4n) is 1.67. The summed E-state index contributed by atoms with van der Waals surface area (Å²) in [6, 6.07) is 4.36. The molecular weight excluding hydrogens is 206 g/mol. The lowest BCUT2D eigenvalue weighted by atomic mass is 10.1. The molecule has 2 rings (SSSR count). The maximum Gasteiger partial charge on any atom is 0.110 e. The van der Waals surface area contributed by atoms with Crippen molar-refractivity contribution < 1.29 is 4.74 Å². The highest BCUT2D eigenvalue weighted by molar-refractivity contribution is 7.11. The van der Waals surface area contributed by atoms with Crippen molar-refractivity contribution in [1.29, 1.82) is 0 Å². The van der Waals surface area contributed by atoms with Gasteiger partial charge < -0.3 is 10.1 Å². The van der Waals surface area contributed by atoms with Crippen LogP contribution in [-0.4, -0.2) is 12.6 Å². The van der Waals surface area contributed by atoms with Gasteiger partial charge in [-0.3, -0.25) is 0 Å². The molecule has 2 heterocycles. The van der Waals surface area contributed by atoms with Crippen LogP contribution in [0.2, 0.25) is 0 Å². The van der Waals surface area contributed by atoms with Crippen LogP contribution in [-0.2, 0) is 11.3 Å². The number of hydrogen-bond donors (Lipinski definition) is 1. The molecule has 1 atom stereocenters. The van der Waals surface area contributed by atoms with Crippen molar-refractivity contribution in [2.24, 2.45) is 0 Å². The minimum atomic E-state index is 0.357. The Balaban J connectivity index is 1.68. The summed E-state index contributed by atoms with van der Waals surface area (Å²) in [6.07, 6.45) is 6.54. The topological polar surface area (TPSA) is 21.3 Å². The Morgan fingerprint density at radius 2 is 2.47 bits per heavy atom. The van der Waals surface area contributed by atoms with Gasteiger partial charge >= 0.3 is 0 Å². The second-order valence-electron chi connectivity index (χ2n) is 3.85. The van der Waals surface area contributed by atoms with E-state index in [4.69, 9.17) is 4.74 Å². The second kappa shape index (κ2) is 5.33. The van der Waals surface area contributed by atoms with Gasteiger partial charge in [0.05, 0.1) is 6.26 Å². The van der Waals surface area contributed by atoms with Crippen LogP contribution in [0, 0.1) is 6.92 Å². The predicted molar refractivity (Wildman–Crippen MR) is 64.0 cm³/mol. The molecule has 0 fully saturated rings. The van der Waals surface area contributed by atoms with Gasteiger partial charge in [-0.25, -0.2) is 0 Å². The molecule has 0 saturated heterocycles. The molecule has 0 saturated carbocycles. The third kappa shape index (κ3) is 3.36. The average Bonchev–Trinajstić information content (AvgIpc) is 2.66. The van der Waals surface area contributed by atoms with Gasteiger partial charge in [0.15, 0.2) is 0 Å². The highest BCUT2D eigenvalue weighted by Gasteiger charge is 2.09. The maximum atomic E-state index is 5.48. The van der Waals surface area contributed by atoms with Crippen LogP contribution in [0.25, 0.3) is 0 Å². The molecule has 1 aromatic heterocycles. The minimum absolute atomic E-state index is 0.357. The Kier molecular flexibility index (Phi) is 3.80. The SMILES string of the molecule is Cc1ccc(CNCC2CCC=CO2)s1. The molecule has 1 aromatic rings. The van der Waals surface area contributed by atoms with Crippen molar-refractivity contribution in [3.05, 3.63) is 34.2 Å². The number of nitrogens with one attached hydrogen (secondary N) is 1. The molecule has 0 aromatic carbocycles. The lowest BCUT2D eigenvalue weighted by molar-refractivity contribution is 0.122. The Labute approximate surface area is 95.0 Å². The summed E-state index contributed by atoms with van der Waals surface area (Å²) in [5.41, 5.74) is 0. The van der Waals surface area contributed by atoms with Gasteiger partial charge in [0.25, 0.3) is 0 Å². The summed E-state index contributed by atoms with van der Waals surface area (Å²) in [5.74, 6) is 0. The highest BCUT2D eigenvalue weighted by atomic mass is 32.1. The van der Waals surface area contributed by atoms with Crippen molar-refractivity contribution in [1.82, 2.24) is 5.32 Å². The number of thiophene rings is 1. The minimum Gasteiger partial charge on any atom is -0.497 e. The van der Waals surface area contributed by atoms with Crippen molar-refractivity contribution in [3.63, 3.8) is 0 Å². The fourth-order valence-corrected chi connectivity index (χ4v) is 2.53. The van der Waals surface area contributed by atoms with Crippen LogP contribution >= 0.6 is 11.3 Å². The van der Waals surface area contributed by atoms with E-state index >= 15 is 0 Å². The maximum absolute atomic E-state index is 5.48. The van der Waals surface area contributed by atoms with Crippen LogP contribution in [0.3, 0.4) is 0 Å². The van der Waals surface area contributed by atoms with Gasteiger partial charge in [0.2, 0.25) is 0 Å². The van der Waals surface area contributed by atoms with Crippen LogP contribution in [0.1, 0.15) is 22.6 Å². The number of aryl methyl sites for hydroxylation is 1. The molecule has 0 bridgehead atoms. The summed E-state index contributed by atoms with van der Waals surface area (Å²) in [4.78, 5) is 2.78. The lowest BCUT2D eigenvalue weighted by Gasteiger charge is -2.19. The number of hydrogen-bond acceptors (Lipinski definition) is 3. The Morgan fingerprint density at radius 3 is 3.13 bits per heavy atom. The van der Waals surface area contributed by atoms with Crippen LogP contribution < -0.4 is 5.32 Å². The van der Waals surface area contributed by atoms with E-state index in [0.29, 0.717) is 6.10 Å². The van der Waals surface area contributed by atoms with E-state index in [1.807, 2.05) is 17.6 Å².